The van der Waals surface area contributed by atoms with E-state index in [4.69, 9.17) is 0 Å². The van der Waals surface area contributed by atoms with Gasteiger partial charge in [-0.2, -0.15) is 0 Å². The molecule has 158 valence electrons. The summed E-state index contributed by atoms with van der Waals surface area (Å²) in [4.78, 5) is 6.68. The molecule has 6 nitrogen and oxygen atoms in total. The number of benzene rings is 1. The second kappa shape index (κ2) is 10.8. The zero-order chi connectivity index (χ0) is 19.2. The minimum Gasteiger partial charge on any atom is -0.355 e. The Morgan fingerprint density at radius 2 is 1.86 bits per heavy atom. The van der Waals surface area contributed by atoms with E-state index in [0.29, 0.717) is 18.5 Å². The van der Waals surface area contributed by atoms with Crippen LogP contribution in [0.5, 0.6) is 0 Å². The van der Waals surface area contributed by atoms with Crippen LogP contribution in [0.4, 0.5) is 0 Å². The van der Waals surface area contributed by atoms with Crippen LogP contribution in [0.15, 0.2) is 35.3 Å². The maximum atomic E-state index is 12.2. The number of likely N-dealkylation sites (tertiary alicyclic amines) is 1. The van der Waals surface area contributed by atoms with Crippen molar-refractivity contribution in [3.05, 3.63) is 35.9 Å². The van der Waals surface area contributed by atoms with Crippen LogP contribution in [0.1, 0.15) is 44.1 Å². The van der Waals surface area contributed by atoms with E-state index in [0.717, 1.165) is 24.6 Å². The topological polar surface area (TPSA) is 73.8 Å². The summed E-state index contributed by atoms with van der Waals surface area (Å²) in [6.07, 6.45) is 7.90. The smallest absolute Gasteiger partial charge is 0.213 e. The molecule has 1 heterocycles. The predicted molar refractivity (Wildman–Crippen MR) is 126 cm³/mol. The molecule has 1 saturated carbocycles. The highest BCUT2D eigenvalue weighted by Crippen LogP contribution is 2.43. The molecule has 2 aliphatic rings. The molecule has 0 radical (unpaired) electrons. The fourth-order valence-corrected chi connectivity index (χ4v) is 5.22. The van der Waals surface area contributed by atoms with Gasteiger partial charge < -0.3 is 10.2 Å². The molecule has 0 atom stereocenters. The fourth-order valence-electron chi connectivity index (χ4n) is 4.32. The van der Waals surface area contributed by atoms with E-state index in [9.17, 15) is 8.42 Å². The van der Waals surface area contributed by atoms with Gasteiger partial charge in [-0.25, -0.2) is 13.1 Å². The van der Waals surface area contributed by atoms with E-state index in [-0.39, 0.29) is 29.7 Å². The molecule has 1 aliphatic heterocycles. The zero-order valence-corrected chi connectivity index (χ0v) is 19.8. The second-order valence-corrected chi connectivity index (χ2v) is 9.76. The van der Waals surface area contributed by atoms with Gasteiger partial charge in [0.1, 0.15) is 0 Å². The first-order chi connectivity index (χ1) is 13.0. The predicted octanol–water partition coefficient (Wildman–Crippen LogP) is 2.96. The van der Waals surface area contributed by atoms with E-state index in [1.54, 1.807) is 7.05 Å². The van der Waals surface area contributed by atoms with Gasteiger partial charge in [-0.05, 0) is 30.2 Å². The summed E-state index contributed by atoms with van der Waals surface area (Å²) in [5.41, 5.74) is 1.42. The van der Waals surface area contributed by atoms with Crippen LogP contribution in [-0.4, -0.2) is 51.7 Å². The summed E-state index contributed by atoms with van der Waals surface area (Å²) in [6.45, 7) is 2.75. The minimum absolute atomic E-state index is 0. The molecule has 0 aromatic heterocycles. The van der Waals surface area contributed by atoms with Crippen LogP contribution in [0, 0.1) is 5.41 Å². The van der Waals surface area contributed by atoms with Crippen LogP contribution >= 0.6 is 24.0 Å². The Morgan fingerprint density at radius 3 is 2.54 bits per heavy atom. The first kappa shape index (κ1) is 23.4. The van der Waals surface area contributed by atoms with Crippen molar-refractivity contribution in [1.82, 2.24) is 14.9 Å². The molecule has 1 saturated heterocycles. The third kappa shape index (κ3) is 6.59. The van der Waals surface area contributed by atoms with Crippen molar-refractivity contribution < 1.29 is 8.42 Å². The monoisotopic (exact) mass is 520 g/mol. The first-order valence-corrected chi connectivity index (χ1v) is 11.6. The summed E-state index contributed by atoms with van der Waals surface area (Å²) in [7, 11) is -1.55. The molecule has 1 aromatic carbocycles. The SMILES string of the molecule is CN=C(NCCS(=O)(=O)NCc1ccccc1)N1CCC2(CCCCC2)C1.I. The summed E-state index contributed by atoms with van der Waals surface area (Å²) in [5.74, 6) is 0.869. The van der Waals surface area contributed by atoms with E-state index in [2.05, 4.69) is 19.9 Å². The number of sulfonamides is 1. The lowest BCUT2D eigenvalue weighted by Gasteiger charge is -2.33. The summed E-state index contributed by atoms with van der Waals surface area (Å²) >= 11 is 0. The molecule has 1 spiro atoms. The number of hydrogen-bond donors (Lipinski definition) is 2. The van der Waals surface area contributed by atoms with Crippen molar-refractivity contribution in [2.45, 2.75) is 45.1 Å². The highest BCUT2D eigenvalue weighted by molar-refractivity contribution is 14.0. The van der Waals surface area contributed by atoms with Crippen molar-refractivity contribution in [3.8, 4) is 0 Å². The number of nitrogens with one attached hydrogen (secondary N) is 2. The Bertz CT molecular complexity index is 734. The summed E-state index contributed by atoms with van der Waals surface area (Å²) in [6, 6.07) is 9.56. The molecule has 28 heavy (non-hydrogen) atoms. The second-order valence-electron chi connectivity index (χ2n) is 7.83. The molecule has 0 unspecified atom stereocenters. The first-order valence-electron chi connectivity index (χ1n) is 9.99. The molecule has 3 rings (SSSR count). The fraction of sp³-hybridized carbons (Fsp3) is 0.650. The van der Waals surface area contributed by atoms with Gasteiger partial charge >= 0.3 is 0 Å². The van der Waals surface area contributed by atoms with Crippen molar-refractivity contribution in [2.24, 2.45) is 10.4 Å². The largest absolute Gasteiger partial charge is 0.355 e. The minimum atomic E-state index is -3.32. The van der Waals surface area contributed by atoms with Crippen LogP contribution in [0.3, 0.4) is 0 Å². The number of aliphatic imine (C=N–C) groups is 1. The Kier molecular flexibility index (Phi) is 9.01. The van der Waals surface area contributed by atoms with Crippen molar-refractivity contribution in [3.63, 3.8) is 0 Å². The molecular formula is C20H33IN4O2S. The van der Waals surface area contributed by atoms with Crippen LogP contribution in [0.2, 0.25) is 0 Å². The number of hydrogen-bond acceptors (Lipinski definition) is 3. The Morgan fingerprint density at radius 1 is 1.14 bits per heavy atom. The molecule has 2 fully saturated rings. The van der Waals surface area contributed by atoms with Crippen molar-refractivity contribution >= 4 is 40.0 Å². The lowest BCUT2D eigenvalue weighted by atomic mass is 9.73. The van der Waals surface area contributed by atoms with Gasteiger partial charge in [0.05, 0.1) is 5.75 Å². The third-order valence-corrected chi connectivity index (χ3v) is 7.18. The number of rotatable bonds is 6. The lowest BCUT2D eigenvalue weighted by molar-refractivity contribution is 0.203. The highest BCUT2D eigenvalue weighted by atomic mass is 127. The molecular weight excluding hydrogens is 487 g/mol. The standard InChI is InChI=1S/C20H32N4O2S.HI/c1-21-19(24-14-12-20(17-24)10-6-3-7-11-20)22-13-15-27(25,26)23-16-18-8-4-2-5-9-18;/h2,4-5,8-9,23H,3,6-7,10-17H2,1H3,(H,21,22);1H. The Labute approximate surface area is 186 Å². The van der Waals surface area contributed by atoms with E-state index >= 15 is 0 Å². The average Bonchev–Trinajstić information content (AvgIpc) is 3.08. The van der Waals surface area contributed by atoms with Crippen molar-refractivity contribution in [2.75, 3.05) is 32.4 Å². The molecule has 0 amide bonds. The van der Waals surface area contributed by atoms with E-state index < -0.39 is 10.0 Å². The molecule has 1 aliphatic carbocycles. The molecule has 8 heteroatoms. The van der Waals surface area contributed by atoms with E-state index in [1.807, 2.05) is 30.3 Å². The third-order valence-electron chi connectivity index (χ3n) is 5.86. The van der Waals surface area contributed by atoms with Gasteiger partial charge in [0.2, 0.25) is 10.0 Å². The molecule has 0 bridgehead atoms. The average molecular weight is 520 g/mol. The normalized spacial score (nSPS) is 19.5. The van der Waals surface area contributed by atoms with Gasteiger partial charge in [-0.15, -0.1) is 24.0 Å². The van der Waals surface area contributed by atoms with Gasteiger partial charge in [0.15, 0.2) is 5.96 Å². The molecule has 1 aromatic rings. The number of guanidine groups is 1. The summed E-state index contributed by atoms with van der Waals surface area (Å²) in [5, 5.41) is 3.24. The maximum absolute atomic E-state index is 12.2. The zero-order valence-electron chi connectivity index (χ0n) is 16.7. The highest BCUT2D eigenvalue weighted by Gasteiger charge is 2.39. The van der Waals surface area contributed by atoms with Crippen LogP contribution in [-0.2, 0) is 16.6 Å². The Balaban J connectivity index is 0.00000280. The van der Waals surface area contributed by atoms with Gasteiger partial charge in [0, 0.05) is 33.2 Å². The Hall–Kier alpha value is -0.870. The van der Waals surface area contributed by atoms with Crippen LogP contribution < -0.4 is 10.0 Å². The van der Waals surface area contributed by atoms with Gasteiger partial charge in [-0.1, -0.05) is 49.6 Å². The number of halogens is 1. The molecule has 2 N–H and O–H groups in total. The lowest BCUT2D eigenvalue weighted by Crippen LogP contribution is -2.44. The van der Waals surface area contributed by atoms with Crippen LogP contribution in [0.25, 0.3) is 0 Å². The number of nitrogens with zero attached hydrogens (tertiary/aromatic N) is 2. The van der Waals surface area contributed by atoms with Crippen molar-refractivity contribution in [1.29, 1.82) is 0 Å². The van der Waals surface area contributed by atoms with Gasteiger partial charge in [-0.3, -0.25) is 4.99 Å². The van der Waals surface area contributed by atoms with E-state index in [1.165, 1.54) is 38.5 Å². The quantitative estimate of drug-likeness (QED) is 0.344. The summed E-state index contributed by atoms with van der Waals surface area (Å²) < 4.78 is 27.1. The van der Waals surface area contributed by atoms with Gasteiger partial charge in [0.25, 0.3) is 0 Å². The maximum Gasteiger partial charge on any atom is 0.213 e.